The molecule has 1 aliphatic heterocycles. The van der Waals surface area contributed by atoms with Gasteiger partial charge in [-0.1, -0.05) is 38.1 Å². The number of ether oxygens (including phenoxy) is 1. The van der Waals surface area contributed by atoms with Crippen molar-refractivity contribution in [2.24, 2.45) is 0 Å². The van der Waals surface area contributed by atoms with E-state index in [1.54, 1.807) is 20.0 Å². The van der Waals surface area contributed by atoms with Crippen LogP contribution >= 0.6 is 0 Å². The average molecular weight is 538 g/mol. The Morgan fingerprint density at radius 3 is 2.00 bits per heavy atom. The first-order valence-corrected chi connectivity index (χ1v) is 12.2. The summed E-state index contributed by atoms with van der Waals surface area (Å²) >= 11 is 0. The molecule has 204 valence electrons. The Morgan fingerprint density at radius 2 is 1.42 bits per heavy atom. The molecule has 0 aliphatic carbocycles. The van der Waals surface area contributed by atoms with Gasteiger partial charge in [0.2, 0.25) is 0 Å². The second kappa shape index (κ2) is 10.5. The highest BCUT2D eigenvalue weighted by atomic mass is 19.4. The number of pyridine rings is 1. The van der Waals surface area contributed by atoms with E-state index in [0.29, 0.717) is 32.0 Å². The summed E-state index contributed by atoms with van der Waals surface area (Å²) in [6.07, 6.45) is -8.15. The van der Waals surface area contributed by atoms with E-state index >= 15 is 0 Å². The fraction of sp³-hybridized carbons (Fsp3) is 0.393. The van der Waals surface area contributed by atoms with Crippen LogP contribution in [0.15, 0.2) is 54.7 Å². The lowest BCUT2D eigenvalue weighted by Gasteiger charge is -2.30. The predicted octanol–water partition coefficient (Wildman–Crippen LogP) is 7.32. The minimum absolute atomic E-state index is 0.0671. The molecule has 4 nitrogen and oxygen atoms in total. The Hall–Kier alpha value is -3.27. The largest absolute Gasteiger partial charge is 0.416 e. The van der Waals surface area contributed by atoms with E-state index in [-0.39, 0.29) is 18.2 Å². The summed E-state index contributed by atoms with van der Waals surface area (Å²) < 4.78 is 86.1. The number of alkyl halides is 6. The van der Waals surface area contributed by atoms with Gasteiger partial charge in [-0.3, -0.25) is 0 Å². The number of morpholine rings is 1. The van der Waals surface area contributed by atoms with Crippen LogP contribution in [-0.4, -0.2) is 37.8 Å². The first-order valence-electron chi connectivity index (χ1n) is 12.2. The number of rotatable bonds is 6. The number of aryl methyl sites for hydroxylation is 1. The standard InChI is InChI=1S/C28H29F6N3O/c1-18-6-4-5-7-22(18)23-15-25(37-8-10-38-11-9-37)35-16-24(23)36-17-26(2,3)19-12-20(27(29,30)31)14-21(13-19)28(32,33)34/h4-7,12-16,36H,8-11,17H2,1-3H3. The lowest BCUT2D eigenvalue weighted by atomic mass is 9.82. The number of halogens is 6. The summed E-state index contributed by atoms with van der Waals surface area (Å²) in [6.45, 7) is 7.83. The maximum Gasteiger partial charge on any atom is 0.416 e. The summed E-state index contributed by atoms with van der Waals surface area (Å²) in [6, 6.07) is 11.5. The molecule has 1 aromatic heterocycles. The van der Waals surface area contributed by atoms with Gasteiger partial charge in [-0.05, 0) is 47.9 Å². The summed E-state index contributed by atoms with van der Waals surface area (Å²) in [7, 11) is 0. The second-order valence-electron chi connectivity index (χ2n) is 10.0. The fourth-order valence-corrected chi connectivity index (χ4v) is 4.41. The minimum atomic E-state index is -4.91. The smallest absolute Gasteiger partial charge is 0.382 e. The van der Waals surface area contributed by atoms with Crippen LogP contribution in [0, 0.1) is 6.92 Å². The third kappa shape index (κ3) is 6.23. The van der Waals surface area contributed by atoms with Crippen LogP contribution in [0.1, 0.15) is 36.1 Å². The molecule has 1 fully saturated rings. The summed E-state index contributed by atoms with van der Waals surface area (Å²) in [5.41, 5.74) is -0.359. The average Bonchev–Trinajstić information content (AvgIpc) is 2.87. The third-order valence-electron chi connectivity index (χ3n) is 6.75. The van der Waals surface area contributed by atoms with Gasteiger partial charge in [0.1, 0.15) is 5.82 Å². The molecule has 0 atom stereocenters. The van der Waals surface area contributed by atoms with Crippen LogP contribution in [0.25, 0.3) is 11.1 Å². The van der Waals surface area contributed by atoms with Gasteiger partial charge >= 0.3 is 12.4 Å². The Morgan fingerprint density at radius 1 is 0.842 bits per heavy atom. The van der Waals surface area contributed by atoms with Gasteiger partial charge in [0.05, 0.1) is 36.2 Å². The van der Waals surface area contributed by atoms with E-state index in [4.69, 9.17) is 4.74 Å². The maximum absolute atomic E-state index is 13.4. The molecule has 0 radical (unpaired) electrons. The quantitative estimate of drug-likeness (QED) is 0.335. The fourth-order valence-electron chi connectivity index (χ4n) is 4.41. The highest BCUT2D eigenvalue weighted by molar-refractivity contribution is 5.81. The molecular formula is C28H29F6N3O. The normalized spacial score (nSPS) is 15.0. The Balaban J connectivity index is 1.69. The van der Waals surface area contributed by atoms with Gasteiger partial charge in [-0.15, -0.1) is 0 Å². The molecule has 2 heterocycles. The Bertz CT molecular complexity index is 1250. The van der Waals surface area contributed by atoms with E-state index in [1.165, 1.54) is 0 Å². The summed E-state index contributed by atoms with van der Waals surface area (Å²) in [5, 5.41) is 3.26. The number of anilines is 2. The number of nitrogens with zero attached hydrogens (tertiary/aromatic N) is 2. The molecule has 0 amide bonds. The van der Waals surface area contributed by atoms with Crippen molar-refractivity contribution in [2.45, 2.75) is 38.5 Å². The van der Waals surface area contributed by atoms with Gasteiger partial charge in [-0.2, -0.15) is 26.3 Å². The summed E-state index contributed by atoms with van der Waals surface area (Å²) in [4.78, 5) is 6.71. The van der Waals surface area contributed by atoms with Crippen LogP contribution in [0.3, 0.4) is 0 Å². The zero-order chi connectivity index (χ0) is 27.7. The van der Waals surface area contributed by atoms with Crippen LogP contribution in [0.2, 0.25) is 0 Å². The van der Waals surface area contributed by atoms with Crippen LogP contribution in [0.5, 0.6) is 0 Å². The van der Waals surface area contributed by atoms with Crippen molar-refractivity contribution in [3.63, 3.8) is 0 Å². The van der Waals surface area contributed by atoms with Crippen molar-refractivity contribution in [3.05, 3.63) is 77.0 Å². The van der Waals surface area contributed by atoms with Crippen LogP contribution in [0.4, 0.5) is 37.8 Å². The Kier molecular flexibility index (Phi) is 7.65. The van der Waals surface area contributed by atoms with Crippen molar-refractivity contribution in [2.75, 3.05) is 43.1 Å². The summed E-state index contributed by atoms with van der Waals surface area (Å²) in [5.74, 6) is 0.768. The minimum Gasteiger partial charge on any atom is -0.382 e. The SMILES string of the molecule is Cc1ccccc1-c1cc(N2CCOCC2)ncc1NCC(C)(C)c1cc(C(F)(F)F)cc(C(F)(F)F)c1. The van der Waals surface area contributed by atoms with E-state index < -0.39 is 28.9 Å². The monoisotopic (exact) mass is 537 g/mol. The maximum atomic E-state index is 13.4. The number of hydrogen-bond acceptors (Lipinski definition) is 4. The Labute approximate surface area is 217 Å². The predicted molar refractivity (Wildman–Crippen MR) is 135 cm³/mol. The molecule has 3 aromatic rings. The molecular weight excluding hydrogens is 508 g/mol. The van der Waals surface area contributed by atoms with Crippen molar-refractivity contribution in [3.8, 4) is 11.1 Å². The van der Waals surface area contributed by atoms with E-state index in [1.807, 2.05) is 37.3 Å². The molecule has 1 saturated heterocycles. The van der Waals surface area contributed by atoms with E-state index in [0.717, 1.165) is 34.6 Å². The van der Waals surface area contributed by atoms with Crippen molar-refractivity contribution >= 4 is 11.5 Å². The number of nitrogens with one attached hydrogen (secondary N) is 1. The topological polar surface area (TPSA) is 37.4 Å². The van der Waals surface area contributed by atoms with E-state index in [2.05, 4.69) is 15.2 Å². The molecule has 10 heteroatoms. The van der Waals surface area contributed by atoms with Gasteiger partial charge in [0.15, 0.2) is 0 Å². The number of aromatic nitrogens is 1. The zero-order valence-corrected chi connectivity index (χ0v) is 21.3. The third-order valence-corrected chi connectivity index (χ3v) is 6.75. The first kappa shape index (κ1) is 27.8. The highest BCUT2D eigenvalue weighted by Crippen LogP contribution is 2.40. The molecule has 0 unspecified atom stereocenters. The van der Waals surface area contributed by atoms with Crippen molar-refractivity contribution < 1.29 is 31.1 Å². The zero-order valence-electron chi connectivity index (χ0n) is 21.3. The molecule has 0 saturated carbocycles. The van der Waals surface area contributed by atoms with Crippen molar-refractivity contribution in [1.29, 1.82) is 0 Å². The second-order valence-corrected chi connectivity index (χ2v) is 10.0. The first-order chi connectivity index (χ1) is 17.8. The lowest BCUT2D eigenvalue weighted by molar-refractivity contribution is -0.143. The molecule has 1 aliphatic rings. The highest BCUT2D eigenvalue weighted by Gasteiger charge is 2.38. The molecule has 1 N–H and O–H groups in total. The molecule has 2 aromatic carbocycles. The van der Waals surface area contributed by atoms with Gasteiger partial charge in [-0.25, -0.2) is 4.98 Å². The van der Waals surface area contributed by atoms with Crippen molar-refractivity contribution in [1.82, 2.24) is 4.98 Å². The van der Waals surface area contributed by atoms with E-state index in [9.17, 15) is 26.3 Å². The van der Waals surface area contributed by atoms with Gasteiger partial charge in [0, 0.05) is 30.6 Å². The molecule has 0 spiro atoms. The lowest BCUT2D eigenvalue weighted by Crippen LogP contribution is -2.36. The van der Waals surface area contributed by atoms with Crippen LogP contribution in [-0.2, 0) is 22.5 Å². The number of hydrogen-bond donors (Lipinski definition) is 1. The molecule has 0 bridgehead atoms. The van der Waals surface area contributed by atoms with Crippen LogP contribution < -0.4 is 10.2 Å². The number of benzene rings is 2. The van der Waals surface area contributed by atoms with Gasteiger partial charge < -0.3 is 15.0 Å². The molecule has 4 rings (SSSR count). The van der Waals surface area contributed by atoms with Gasteiger partial charge in [0.25, 0.3) is 0 Å². The molecule has 38 heavy (non-hydrogen) atoms.